The van der Waals surface area contributed by atoms with Crippen LogP contribution in [0.4, 0.5) is 0 Å². The van der Waals surface area contributed by atoms with Gasteiger partial charge in [-0.1, -0.05) is 46.6 Å². The molecule has 0 aliphatic carbocycles. The third kappa shape index (κ3) is 3.91. The molecule has 0 heterocycles. The Bertz CT molecular complexity index is 376. The molecule has 0 aliphatic heterocycles. The number of rotatable bonds is 5. The lowest BCUT2D eigenvalue weighted by atomic mass is 10.0. The fourth-order valence-electron chi connectivity index (χ4n) is 1.49. The van der Waals surface area contributed by atoms with E-state index in [1.807, 2.05) is 32.0 Å². The molecule has 0 aromatic heterocycles. The van der Waals surface area contributed by atoms with Gasteiger partial charge in [-0.05, 0) is 37.0 Å². The van der Waals surface area contributed by atoms with Gasteiger partial charge in [0.1, 0.15) is 5.78 Å². The van der Waals surface area contributed by atoms with Gasteiger partial charge >= 0.3 is 0 Å². The van der Waals surface area contributed by atoms with E-state index >= 15 is 0 Å². The first-order valence-corrected chi connectivity index (χ1v) is 6.75. The fourth-order valence-corrected chi connectivity index (χ4v) is 2.29. The summed E-state index contributed by atoms with van der Waals surface area (Å²) in [5, 5.41) is 0.764. The largest absolute Gasteiger partial charge is 0.298 e. The van der Waals surface area contributed by atoms with Crippen molar-refractivity contribution in [1.29, 1.82) is 0 Å². The molecule has 0 amide bonds. The highest BCUT2D eigenvalue weighted by atomic mass is 79.9. The summed E-state index contributed by atoms with van der Waals surface area (Å²) in [6.07, 6.45) is 2.24. The van der Waals surface area contributed by atoms with E-state index in [0.29, 0.717) is 12.8 Å². The molecule has 0 N–H and O–H groups in total. The summed E-state index contributed by atoms with van der Waals surface area (Å²) in [7, 11) is 0. The van der Waals surface area contributed by atoms with Crippen molar-refractivity contribution in [3.63, 3.8) is 0 Å². The molecule has 0 spiro atoms. The van der Waals surface area contributed by atoms with Crippen LogP contribution in [0.2, 0.25) is 5.02 Å². The molecule has 16 heavy (non-hydrogen) atoms. The Morgan fingerprint density at radius 3 is 2.75 bits per heavy atom. The first-order chi connectivity index (χ1) is 7.54. The van der Waals surface area contributed by atoms with Gasteiger partial charge in [0, 0.05) is 11.4 Å². The Morgan fingerprint density at radius 1 is 1.50 bits per heavy atom. The maximum absolute atomic E-state index is 11.6. The number of halogens is 2. The van der Waals surface area contributed by atoms with E-state index in [1.165, 1.54) is 0 Å². The summed E-state index contributed by atoms with van der Waals surface area (Å²) < 4.78 is 0. The van der Waals surface area contributed by atoms with Gasteiger partial charge in [-0.25, -0.2) is 0 Å². The van der Waals surface area contributed by atoms with Gasteiger partial charge in [-0.2, -0.15) is 0 Å². The van der Waals surface area contributed by atoms with Crippen molar-refractivity contribution >= 4 is 33.3 Å². The average Bonchev–Trinajstić information content (AvgIpc) is 2.24. The van der Waals surface area contributed by atoms with E-state index in [2.05, 4.69) is 15.9 Å². The van der Waals surface area contributed by atoms with E-state index in [9.17, 15) is 4.79 Å². The summed E-state index contributed by atoms with van der Waals surface area (Å²) in [5.74, 6) is 0.263. The van der Waals surface area contributed by atoms with Gasteiger partial charge in [-0.15, -0.1) is 0 Å². The molecule has 0 saturated carbocycles. The molecular weight excluding hydrogens is 287 g/mol. The smallest absolute Gasteiger partial charge is 0.146 e. The van der Waals surface area contributed by atoms with Crippen LogP contribution in [-0.2, 0) is 11.2 Å². The number of Topliss-reactive ketones (excluding diaryl/α,β-unsaturated/α-hetero) is 1. The van der Waals surface area contributed by atoms with Crippen LogP contribution < -0.4 is 0 Å². The molecule has 0 aliphatic rings. The van der Waals surface area contributed by atoms with Crippen LogP contribution in [0.25, 0.3) is 0 Å². The maximum atomic E-state index is 11.6. The molecule has 1 rings (SSSR count). The maximum Gasteiger partial charge on any atom is 0.146 e. The summed E-state index contributed by atoms with van der Waals surface area (Å²) in [6, 6.07) is 5.95. The number of ketones is 1. The Balaban J connectivity index is 2.66. The van der Waals surface area contributed by atoms with Crippen LogP contribution in [0.5, 0.6) is 0 Å². The molecule has 3 heteroatoms. The summed E-state index contributed by atoms with van der Waals surface area (Å²) in [6.45, 7) is 3.99. The average molecular weight is 304 g/mol. The lowest BCUT2D eigenvalue weighted by Gasteiger charge is -2.09. The minimum absolute atomic E-state index is 0.0915. The second-order valence-electron chi connectivity index (χ2n) is 3.97. The standard InChI is InChI=1S/C13H16BrClO/c1-3-4-13(16)11(14)7-10-6-5-9(2)12(15)8-10/h5-6,8,11H,3-4,7H2,1-2H3. The molecule has 0 fully saturated rings. The highest BCUT2D eigenvalue weighted by Gasteiger charge is 2.14. The first kappa shape index (κ1) is 13.7. The van der Waals surface area contributed by atoms with Gasteiger partial charge in [-0.3, -0.25) is 4.79 Å². The van der Waals surface area contributed by atoms with Gasteiger partial charge < -0.3 is 0 Å². The van der Waals surface area contributed by atoms with Crippen LogP contribution in [0.3, 0.4) is 0 Å². The van der Waals surface area contributed by atoms with E-state index in [0.717, 1.165) is 22.6 Å². The zero-order valence-corrected chi connectivity index (χ0v) is 11.9. The minimum atomic E-state index is -0.0915. The van der Waals surface area contributed by atoms with Crippen molar-refractivity contribution in [3.05, 3.63) is 34.3 Å². The van der Waals surface area contributed by atoms with Crippen LogP contribution in [0.1, 0.15) is 30.9 Å². The molecule has 1 aromatic rings. The molecule has 0 radical (unpaired) electrons. The van der Waals surface area contributed by atoms with Gasteiger partial charge in [0.15, 0.2) is 0 Å². The third-order valence-electron chi connectivity index (χ3n) is 2.50. The summed E-state index contributed by atoms with van der Waals surface area (Å²) in [4.78, 5) is 11.5. The molecule has 88 valence electrons. The summed E-state index contributed by atoms with van der Waals surface area (Å²) in [5.41, 5.74) is 2.17. The van der Waals surface area contributed by atoms with Crippen molar-refractivity contribution in [3.8, 4) is 0 Å². The third-order valence-corrected chi connectivity index (χ3v) is 3.74. The van der Waals surface area contributed by atoms with Crippen LogP contribution in [0.15, 0.2) is 18.2 Å². The van der Waals surface area contributed by atoms with Gasteiger partial charge in [0.25, 0.3) is 0 Å². The zero-order valence-electron chi connectivity index (χ0n) is 9.59. The summed E-state index contributed by atoms with van der Waals surface area (Å²) >= 11 is 9.47. The second-order valence-corrected chi connectivity index (χ2v) is 5.48. The Kier molecular flexibility index (Phi) is 5.50. The minimum Gasteiger partial charge on any atom is -0.298 e. The molecule has 1 unspecified atom stereocenters. The lowest BCUT2D eigenvalue weighted by molar-refractivity contribution is -0.118. The number of hydrogen-bond acceptors (Lipinski definition) is 1. The first-order valence-electron chi connectivity index (χ1n) is 5.46. The van der Waals surface area contributed by atoms with Gasteiger partial charge in [0.05, 0.1) is 4.83 Å². The Morgan fingerprint density at radius 2 is 2.19 bits per heavy atom. The highest BCUT2D eigenvalue weighted by Crippen LogP contribution is 2.20. The Labute approximate surface area is 110 Å². The number of carbonyl (C=O) groups excluding carboxylic acids is 1. The van der Waals surface area contributed by atoms with Gasteiger partial charge in [0.2, 0.25) is 0 Å². The molecular formula is C13H16BrClO. The van der Waals surface area contributed by atoms with E-state index in [4.69, 9.17) is 11.6 Å². The number of carbonyl (C=O) groups is 1. The monoisotopic (exact) mass is 302 g/mol. The number of benzene rings is 1. The number of aryl methyl sites for hydroxylation is 1. The van der Waals surface area contributed by atoms with E-state index in [1.54, 1.807) is 0 Å². The lowest BCUT2D eigenvalue weighted by Crippen LogP contribution is -2.16. The van der Waals surface area contributed by atoms with Crippen molar-refractivity contribution < 1.29 is 4.79 Å². The molecule has 0 bridgehead atoms. The number of alkyl halides is 1. The van der Waals surface area contributed by atoms with Crippen LogP contribution in [-0.4, -0.2) is 10.6 Å². The molecule has 0 saturated heterocycles. The topological polar surface area (TPSA) is 17.1 Å². The van der Waals surface area contributed by atoms with E-state index in [-0.39, 0.29) is 10.6 Å². The quantitative estimate of drug-likeness (QED) is 0.740. The normalized spacial score (nSPS) is 12.5. The predicted molar refractivity (Wildman–Crippen MR) is 72.5 cm³/mol. The van der Waals surface area contributed by atoms with Crippen molar-refractivity contribution in [2.45, 2.75) is 37.9 Å². The highest BCUT2D eigenvalue weighted by molar-refractivity contribution is 9.10. The molecule has 1 nitrogen and oxygen atoms in total. The zero-order chi connectivity index (χ0) is 12.1. The van der Waals surface area contributed by atoms with Crippen LogP contribution >= 0.6 is 27.5 Å². The van der Waals surface area contributed by atoms with Crippen LogP contribution in [0, 0.1) is 6.92 Å². The Hall–Kier alpha value is -0.340. The fraction of sp³-hybridized carbons (Fsp3) is 0.462. The molecule has 1 atom stereocenters. The van der Waals surface area contributed by atoms with Crippen molar-refractivity contribution in [2.75, 3.05) is 0 Å². The van der Waals surface area contributed by atoms with Crippen molar-refractivity contribution in [1.82, 2.24) is 0 Å². The van der Waals surface area contributed by atoms with Crippen molar-refractivity contribution in [2.24, 2.45) is 0 Å². The van der Waals surface area contributed by atoms with E-state index < -0.39 is 0 Å². The predicted octanol–water partition coefficient (Wildman–Crippen LogP) is 4.32. The SMILES string of the molecule is CCCC(=O)C(Br)Cc1ccc(C)c(Cl)c1. The second kappa shape index (κ2) is 6.41. The molecule has 1 aromatic carbocycles. The number of hydrogen-bond donors (Lipinski definition) is 0.